The quantitative estimate of drug-likeness (QED) is 0.790. The number of pyridine rings is 1. The summed E-state index contributed by atoms with van der Waals surface area (Å²) in [5, 5.41) is 5.33. The van der Waals surface area contributed by atoms with E-state index in [1.165, 1.54) is 0 Å². The molecular weight excluding hydrogens is 344 g/mol. The molecule has 0 bridgehead atoms. The average Bonchev–Trinajstić information content (AvgIpc) is 2.73. The lowest BCUT2D eigenvalue weighted by Gasteiger charge is -2.32. The Morgan fingerprint density at radius 3 is 2.48 bits per heavy atom. The molecule has 0 spiro atoms. The molecule has 2 heterocycles. The molecule has 1 aromatic carbocycles. The molecule has 1 aliphatic heterocycles. The number of methoxy groups -OCH3 is 1. The van der Waals surface area contributed by atoms with Crippen molar-refractivity contribution >= 4 is 23.3 Å². The van der Waals surface area contributed by atoms with Gasteiger partial charge in [0.1, 0.15) is 11.6 Å². The molecule has 2 aromatic rings. The molecule has 1 aliphatic rings. The molecule has 2 amide bonds. The van der Waals surface area contributed by atoms with Crippen molar-refractivity contribution in [3.63, 3.8) is 0 Å². The number of hydrogen-bond acceptors (Lipinski definition) is 5. The molecule has 27 heavy (non-hydrogen) atoms. The van der Waals surface area contributed by atoms with Gasteiger partial charge in [-0.2, -0.15) is 0 Å². The molecule has 3 rings (SSSR count). The maximum atomic E-state index is 12.0. The highest BCUT2D eigenvalue weighted by Gasteiger charge is 2.22. The number of rotatable bonds is 5. The maximum Gasteiger partial charge on any atom is 0.313 e. The van der Waals surface area contributed by atoms with Crippen LogP contribution in [0.1, 0.15) is 12.8 Å². The van der Waals surface area contributed by atoms with Gasteiger partial charge in [0.05, 0.1) is 7.11 Å². The number of carbonyl (C=O) groups excluding carboxylic acids is 2. The number of ether oxygens (including phenoxy) is 1. The van der Waals surface area contributed by atoms with E-state index in [0.29, 0.717) is 23.9 Å². The van der Waals surface area contributed by atoms with E-state index in [2.05, 4.69) is 20.5 Å². The minimum absolute atomic E-state index is 0.364. The van der Waals surface area contributed by atoms with E-state index < -0.39 is 11.8 Å². The normalized spacial score (nSPS) is 14.5. The number of carbonyl (C=O) groups is 2. The molecule has 1 fully saturated rings. The highest BCUT2D eigenvalue weighted by atomic mass is 16.5. The predicted molar refractivity (Wildman–Crippen MR) is 104 cm³/mol. The summed E-state index contributed by atoms with van der Waals surface area (Å²) >= 11 is 0. The van der Waals surface area contributed by atoms with E-state index in [-0.39, 0.29) is 0 Å². The summed E-state index contributed by atoms with van der Waals surface area (Å²) in [5.41, 5.74) is 0.555. The number of amides is 2. The summed E-state index contributed by atoms with van der Waals surface area (Å²) in [6.07, 6.45) is 3.71. The molecule has 7 nitrogen and oxygen atoms in total. The third-order valence-electron chi connectivity index (χ3n) is 4.69. The second kappa shape index (κ2) is 9.02. The number of anilines is 2. The van der Waals surface area contributed by atoms with Gasteiger partial charge in [-0.1, -0.05) is 6.07 Å². The van der Waals surface area contributed by atoms with E-state index in [1.54, 1.807) is 37.6 Å². The van der Waals surface area contributed by atoms with E-state index >= 15 is 0 Å². The van der Waals surface area contributed by atoms with Crippen molar-refractivity contribution in [2.24, 2.45) is 5.92 Å². The van der Waals surface area contributed by atoms with Crippen LogP contribution in [0.5, 0.6) is 5.75 Å². The minimum Gasteiger partial charge on any atom is -0.497 e. The fourth-order valence-electron chi connectivity index (χ4n) is 3.09. The molecule has 0 unspecified atom stereocenters. The number of nitrogens with zero attached hydrogens (tertiary/aromatic N) is 2. The van der Waals surface area contributed by atoms with Crippen LogP contribution in [-0.4, -0.2) is 43.5 Å². The van der Waals surface area contributed by atoms with Crippen LogP contribution in [-0.2, 0) is 9.59 Å². The number of aromatic nitrogens is 1. The third-order valence-corrected chi connectivity index (χ3v) is 4.69. The zero-order valence-corrected chi connectivity index (χ0v) is 15.4. The first-order chi connectivity index (χ1) is 13.2. The summed E-state index contributed by atoms with van der Waals surface area (Å²) in [7, 11) is 1.57. The Hall–Kier alpha value is -3.09. The second-order valence-corrected chi connectivity index (χ2v) is 6.51. The molecule has 0 saturated carbocycles. The van der Waals surface area contributed by atoms with Gasteiger partial charge in [0.2, 0.25) is 0 Å². The van der Waals surface area contributed by atoms with Gasteiger partial charge in [0.15, 0.2) is 0 Å². The van der Waals surface area contributed by atoms with Crippen molar-refractivity contribution in [2.45, 2.75) is 12.8 Å². The number of piperidine rings is 1. The molecule has 0 radical (unpaired) electrons. The van der Waals surface area contributed by atoms with Crippen LogP contribution in [0.4, 0.5) is 11.5 Å². The van der Waals surface area contributed by atoms with Gasteiger partial charge in [-0.3, -0.25) is 9.59 Å². The van der Waals surface area contributed by atoms with E-state index in [1.807, 2.05) is 18.2 Å². The van der Waals surface area contributed by atoms with Crippen LogP contribution in [0, 0.1) is 5.92 Å². The molecule has 0 aliphatic carbocycles. The van der Waals surface area contributed by atoms with Crippen molar-refractivity contribution in [2.75, 3.05) is 37.0 Å². The van der Waals surface area contributed by atoms with E-state index in [4.69, 9.17) is 4.74 Å². The summed E-state index contributed by atoms with van der Waals surface area (Å²) in [6, 6.07) is 12.7. The van der Waals surface area contributed by atoms with Crippen molar-refractivity contribution in [3.8, 4) is 5.75 Å². The molecule has 142 valence electrons. The molecule has 1 aromatic heterocycles. The Labute approximate surface area is 158 Å². The monoisotopic (exact) mass is 368 g/mol. The summed E-state index contributed by atoms with van der Waals surface area (Å²) in [4.78, 5) is 30.7. The lowest BCUT2D eigenvalue weighted by molar-refractivity contribution is -0.136. The second-order valence-electron chi connectivity index (χ2n) is 6.51. The third kappa shape index (κ3) is 5.20. The smallest absolute Gasteiger partial charge is 0.313 e. The van der Waals surface area contributed by atoms with Crippen molar-refractivity contribution in [1.82, 2.24) is 10.3 Å². The topological polar surface area (TPSA) is 83.6 Å². The van der Waals surface area contributed by atoms with Gasteiger partial charge in [0.25, 0.3) is 0 Å². The van der Waals surface area contributed by atoms with Gasteiger partial charge in [-0.25, -0.2) is 4.98 Å². The van der Waals surface area contributed by atoms with Gasteiger partial charge >= 0.3 is 11.8 Å². The van der Waals surface area contributed by atoms with Crippen LogP contribution < -0.4 is 20.3 Å². The van der Waals surface area contributed by atoms with Gasteiger partial charge in [0, 0.05) is 31.5 Å². The van der Waals surface area contributed by atoms with Gasteiger partial charge < -0.3 is 20.3 Å². The Morgan fingerprint density at radius 1 is 1.11 bits per heavy atom. The number of nitrogens with one attached hydrogen (secondary N) is 2. The maximum absolute atomic E-state index is 12.0. The van der Waals surface area contributed by atoms with Crippen molar-refractivity contribution < 1.29 is 14.3 Å². The standard InChI is InChI=1S/C20H24N4O3/c1-27-17-7-5-16(6-8-17)23-20(26)19(25)22-14-15-9-12-24(13-10-15)18-4-2-3-11-21-18/h2-8,11,15H,9-10,12-14H2,1H3,(H,22,25)(H,23,26). The lowest BCUT2D eigenvalue weighted by atomic mass is 9.97. The Morgan fingerprint density at radius 2 is 1.85 bits per heavy atom. The van der Waals surface area contributed by atoms with Crippen LogP contribution in [0.2, 0.25) is 0 Å². The largest absolute Gasteiger partial charge is 0.497 e. The van der Waals surface area contributed by atoms with Crippen LogP contribution in [0.25, 0.3) is 0 Å². The summed E-state index contributed by atoms with van der Waals surface area (Å²) < 4.78 is 5.06. The zero-order chi connectivity index (χ0) is 19.1. The highest BCUT2D eigenvalue weighted by Crippen LogP contribution is 2.21. The molecule has 0 atom stereocenters. The zero-order valence-electron chi connectivity index (χ0n) is 15.4. The van der Waals surface area contributed by atoms with Gasteiger partial charge in [-0.05, 0) is 55.2 Å². The van der Waals surface area contributed by atoms with Gasteiger partial charge in [-0.15, -0.1) is 0 Å². The SMILES string of the molecule is COc1ccc(NC(=O)C(=O)NCC2CCN(c3ccccn3)CC2)cc1. The molecule has 1 saturated heterocycles. The first kappa shape index (κ1) is 18.7. The van der Waals surface area contributed by atoms with Crippen molar-refractivity contribution in [3.05, 3.63) is 48.7 Å². The van der Waals surface area contributed by atoms with Crippen LogP contribution in [0.15, 0.2) is 48.7 Å². The summed E-state index contributed by atoms with van der Waals surface area (Å²) in [6.45, 7) is 2.30. The lowest BCUT2D eigenvalue weighted by Crippen LogP contribution is -2.42. The average molecular weight is 368 g/mol. The van der Waals surface area contributed by atoms with Crippen molar-refractivity contribution in [1.29, 1.82) is 0 Å². The molecule has 2 N–H and O–H groups in total. The Bertz CT molecular complexity index is 757. The fraction of sp³-hybridized carbons (Fsp3) is 0.350. The van der Waals surface area contributed by atoms with Crippen LogP contribution in [0.3, 0.4) is 0 Å². The molecule has 7 heteroatoms. The number of hydrogen-bond donors (Lipinski definition) is 2. The fourth-order valence-corrected chi connectivity index (χ4v) is 3.09. The highest BCUT2D eigenvalue weighted by molar-refractivity contribution is 6.39. The Balaban J connectivity index is 1.40. The van der Waals surface area contributed by atoms with E-state index in [9.17, 15) is 9.59 Å². The van der Waals surface area contributed by atoms with Crippen LogP contribution >= 0.6 is 0 Å². The first-order valence-corrected chi connectivity index (χ1v) is 9.05. The first-order valence-electron chi connectivity index (χ1n) is 9.05. The van der Waals surface area contributed by atoms with E-state index in [0.717, 1.165) is 31.7 Å². The molecular formula is C20H24N4O3. The Kier molecular flexibility index (Phi) is 6.25. The number of benzene rings is 1. The summed E-state index contributed by atoms with van der Waals surface area (Å²) in [5.74, 6) is 0.764. The minimum atomic E-state index is -0.661. The predicted octanol–water partition coefficient (Wildman–Crippen LogP) is 2.06.